The molecule has 2 aliphatic rings. The maximum absolute atomic E-state index is 12.7. The van der Waals surface area contributed by atoms with Crippen molar-refractivity contribution in [3.8, 4) is 11.5 Å². The number of hydrogen-bond acceptors (Lipinski definition) is 6. The normalized spacial score (nSPS) is 24.6. The molecule has 1 aliphatic carbocycles. The van der Waals surface area contributed by atoms with Crippen molar-refractivity contribution in [2.75, 3.05) is 7.11 Å². The van der Waals surface area contributed by atoms with Gasteiger partial charge < -0.3 is 19.9 Å². The van der Waals surface area contributed by atoms with E-state index >= 15 is 0 Å². The number of ether oxygens (including phenoxy) is 2. The van der Waals surface area contributed by atoms with Crippen molar-refractivity contribution >= 4 is 11.9 Å². The Hall–Kier alpha value is -2.31. The predicted octanol–water partition coefficient (Wildman–Crippen LogP) is 5.01. The molecule has 0 aromatic carbocycles. The average molecular weight is 449 g/mol. The minimum Gasteiger partial charge on any atom is -0.503 e. The highest BCUT2D eigenvalue weighted by Crippen LogP contribution is 2.34. The summed E-state index contributed by atoms with van der Waals surface area (Å²) in [7, 11) is 1.40. The summed E-state index contributed by atoms with van der Waals surface area (Å²) in [6.07, 6.45) is 12.4. The van der Waals surface area contributed by atoms with E-state index in [0.29, 0.717) is 12.3 Å². The number of amides is 1. The number of carbonyl (C=O) groups is 2. The highest BCUT2D eigenvalue weighted by Gasteiger charge is 2.30. The van der Waals surface area contributed by atoms with Crippen LogP contribution in [0, 0.1) is 11.8 Å². The van der Waals surface area contributed by atoms with Gasteiger partial charge in [0.2, 0.25) is 0 Å². The van der Waals surface area contributed by atoms with E-state index in [9.17, 15) is 14.7 Å². The Bertz CT molecular complexity index is 733. The lowest BCUT2D eigenvalue weighted by Gasteiger charge is -2.27. The smallest absolute Gasteiger partial charge is 0.328 e. The first-order chi connectivity index (χ1) is 15.5. The molecule has 7 nitrogen and oxygen atoms in total. The quantitative estimate of drug-likeness (QED) is 0.614. The highest BCUT2D eigenvalue weighted by atomic mass is 16.5. The van der Waals surface area contributed by atoms with Crippen molar-refractivity contribution in [2.24, 2.45) is 11.8 Å². The molecular weight excluding hydrogens is 408 g/mol. The van der Waals surface area contributed by atoms with Crippen LogP contribution in [0.1, 0.15) is 95.5 Å². The van der Waals surface area contributed by atoms with E-state index in [1.165, 1.54) is 57.9 Å². The van der Waals surface area contributed by atoms with Crippen LogP contribution >= 0.6 is 0 Å². The molecule has 1 saturated carbocycles. The summed E-state index contributed by atoms with van der Waals surface area (Å²) in [6, 6.07) is 0.717. The van der Waals surface area contributed by atoms with Gasteiger partial charge in [0, 0.05) is 12.3 Å². The zero-order chi connectivity index (χ0) is 23.5. The van der Waals surface area contributed by atoms with Crippen LogP contribution in [0.4, 0.5) is 0 Å². The zero-order valence-corrected chi connectivity index (χ0v) is 20.1. The summed E-state index contributed by atoms with van der Waals surface area (Å²) in [5, 5.41) is 12.9. The van der Waals surface area contributed by atoms with Gasteiger partial charge in [0.25, 0.3) is 5.91 Å². The van der Waals surface area contributed by atoms with Crippen LogP contribution in [0.25, 0.3) is 0 Å². The molecule has 0 spiro atoms. The molecule has 3 atom stereocenters. The summed E-state index contributed by atoms with van der Waals surface area (Å²) < 4.78 is 10.7. The number of aromatic hydroxyl groups is 1. The Morgan fingerprint density at radius 1 is 1.16 bits per heavy atom. The van der Waals surface area contributed by atoms with Crippen molar-refractivity contribution in [3.63, 3.8) is 0 Å². The second-order valence-electron chi connectivity index (χ2n) is 8.76. The molecule has 3 unspecified atom stereocenters. The third-order valence-electron chi connectivity index (χ3n) is 6.39. The Kier molecular flexibility index (Phi) is 10.8. The number of esters is 1. The number of nitrogens with zero attached hydrogens (tertiary/aromatic N) is 1. The molecule has 0 bridgehead atoms. The van der Waals surface area contributed by atoms with Gasteiger partial charge in [0.05, 0.1) is 13.2 Å². The highest BCUT2D eigenvalue weighted by molar-refractivity contribution is 5.97. The molecule has 1 aromatic heterocycles. The molecule has 1 aliphatic heterocycles. The van der Waals surface area contributed by atoms with E-state index in [1.807, 2.05) is 20.8 Å². The summed E-state index contributed by atoms with van der Waals surface area (Å²) in [6.45, 7) is 5.94. The Balaban J connectivity index is 0.00000176. The van der Waals surface area contributed by atoms with Crippen LogP contribution in [0.5, 0.6) is 11.5 Å². The fraction of sp³-hybridized carbons (Fsp3) is 0.720. The van der Waals surface area contributed by atoms with Gasteiger partial charge >= 0.3 is 5.97 Å². The average Bonchev–Trinajstić information content (AvgIpc) is 2.85. The topological polar surface area (TPSA) is 97.8 Å². The fourth-order valence-corrected chi connectivity index (χ4v) is 4.88. The number of nitrogens with one attached hydrogen (secondary N) is 1. The molecule has 0 radical (unpaired) electrons. The number of carbonyl (C=O) groups excluding carboxylic acids is 2. The third kappa shape index (κ3) is 7.38. The van der Waals surface area contributed by atoms with Crippen LogP contribution in [-0.2, 0) is 9.53 Å². The first-order valence-electron chi connectivity index (χ1n) is 12.2. The molecule has 32 heavy (non-hydrogen) atoms. The van der Waals surface area contributed by atoms with Crippen molar-refractivity contribution in [2.45, 2.75) is 97.1 Å². The molecule has 2 N–H and O–H groups in total. The minimum absolute atomic E-state index is 0.159. The van der Waals surface area contributed by atoms with Crippen LogP contribution in [0.2, 0.25) is 0 Å². The Morgan fingerprint density at radius 3 is 2.53 bits per heavy atom. The molecule has 2 fully saturated rings. The zero-order valence-electron chi connectivity index (χ0n) is 20.1. The van der Waals surface area contributed by atoms with E-state index in [0.717, 1.165) is 25.2 Å². The maximum atomic E-state index is 12.7. The van der Waals surface area contributed by atoms with E-state index in [4.69, 9.17) is 9.47 Å². The summed E-state index contributed by atoms with van der Waals surface area (Å²) >= 11 is 0. The Labute approximate surface area is 192 Å². The van der Waals surface area contributed by atoms with Gasteiger partial charge in [-0.25, -0.2) is 9.78 Å². The molecule has 3 rings (SSSR count). The number of cyclic esters (lactones) is 1. The monoisotopic (exact) mass is 448 g/mol. The summed E-state index contributed by atoms with van der Waals surface area (Å²) in [4.78, 5) is 29.2. The maximum Gasteiger partial charge on any atom is 0.328 e. The van der Waals surface area contributed by atoms with Gasteiger partial charge in [-0.3, -0.25) is 4.79 Å². The first-order valence-corrected chi connectivity index (χ1v) is 12.2. The molecule has 1 amide bonds. The van der Waals surface area contributed by atoms with Crippen molar-refractivity contribution in [3.05, 3.63) is 18.0 Å². The molecule has 180 valence electrons. The van der Waals surface area contributed by atoms with Gasteiger partial charge in [-0.05, 0) is 38.0 Å². The van der Waals surface area contributed by atoms with E-state index in [1.54, 1.807) is 0 Å². The molecule has 7 heteroatoms. The Morgan fingerprint density at radius 2 is 1.84 bits per heavy atom. The molecular formula is C25H40N2O5. The number of aromatic nitrogens is 1. The summed E-state index contributed by atoms with van der Waals surface area (Å²) in [5.74, 6) is 0.135. The van der Waals surface area contributed by atoms with Gasteiger partial charge in [-0.15, -0.1) is 0 Å². The van der Waals surface area contributed by atoms with E-state index < -0.39 is 17.9 Å². The van der Waals surface area contributed by atoms with Gasteiger partial charge in [0.15, 0.2) is 17.2 Å². The van der Waals surface area contributed by atoms with Crippen LogP contribution in [0.3, 0.4) is 0 Å². The number of pyridine rings is 1. The lowest BCUT2D eigenvalue weighted by atomic mass is 9.79. The van der Waals surface area contributed by atoms with Gasteiger partial charge in [-0.2, -0.15) is 0 Å². The fourth-order valence-electron chi connectivity index (χ4n) is 4.88. The predicted molar refractivity (Wildman–Crippen MR) is 124 cm³/mol. The largest absolute Gasteiger partial charge is 0.503 e. The van der Waals surface area contributed by atoms with Crippen LogP contribution in [0.15, 0.2) is 12.3 Å². The van der Waals surface area contributed by atoms with Crippen LogP contribution < -0.4 is 10.1 Å². The first kappa shape index (κ1) is 25.9. The lowest BCUT2D eigenvalue weighted by Crippen LogP contribution is -2.42. The molecule has 2 heterocycles. The molecule has 1 aromatic rings. The van der Waals surface area contributed by atoms with E-state index in [2.05, 4.69) is 10.3 Å². The third-order valence-corrected chi connectivity index (χ3v) is 6.39. The van der Waals surface area contributed by atoms with E-state index in [-0.39, 0.29) is 23.3 Å². The van der Waals surface area contributed by atoms with Crippen molar-refractivity contribution < 1.29 is 24.2 Å². The lowest BCUT2D eigenvalue weighted by molar-refractivity contribution is -0.151. The van der Waals surface area contributed by atoms with Gasteiger partial charge in [0.1, 0.15) is 6.04 Å². The molecule has 1 saturated heterocycles. The SMILES string of the molecule is CC.COc1ccnc(C(=O)NC2CCCC(CC3CCCCC3)CC(C)OC2=O)c1O. The number of methoxy groups -OCH3 is 1. The standard InChI is InChI=1S/C23H34N2O5.C2H6/c1-15-13-17(14-16-7-4-3-5-8-16)9-6-10-18(23(28)30-15)25-22(27)20-21(26)19(29-2)11-12-24-20;1-2/h11-12,15-18,26H,3-10,13-14H2,1-2H3,(H,25,27);1-2H3. The second kappa shape index (κ2) is 13.3. The van der Waals surface area contributed by atoms with Crippen molar-refractivity contribution in [1.29, 1.82) is 0 Å². The van der Waals surface area contributed by atoms with Gasteiger partial charge in [-0.1, -0.05) is 58.8 Å². The minimum atomic E-state index is -0.749. The number of hydrogen-bond donors (Lipinski definition) is 2. The number of rotatable bonds is 5. The van der Waals surface area contributed by atoms with Crippen LogP contribution in [-0.4, -0.2) is 41.2 Å². The van der Waals surface area contributed by atoms with Crippen molar-refractivity contribution in [1.82, 2.24) is 10.3 Å². The second-order valence-corrected chi connectivity index (χ2v) is 8.76. The summed E-state index contributed by atoms with van der Waals surface area (Å²) in [5.41, 5.74) is -0.162.